The minimum atomic E-state index is 0.123. The summed E-state index contributed by atoms with van der Waals surface area (Å²) in [6.07, 6.45) is 0. The van der Waals surface area contributed by atoms with Crippen LogP contribution in [0.4, 0.5) is 0 Å². The molecule has 3 heteroatoms. The number of aryl methyl sites for hydroxylation is 1. The minimum Gasteiger partial charge on any atom is -0.463 e. The van der Waals surface area contributed by atoms with Gasteiger partial charge in [-0.2, -0.15) is 0 Å². The molecule has 0 aliphatic heterocycles. The van der Waals surface area contributed by atoms with Crippen LogP contribution in [0, 0.1) is 6.92 Å². The lowest BCUT2D eigenvalue weighted by Gasteiger charge is -2.20. The zero-order chi connectivity index (χ0) is 13.8. The lowest BCUT2D eigenvalue weighted by Crippen LogP contribution is -2.35. The smallest absolute Gasteiger partial charge is 0.120 e. The molecule has 0 spiro atoms. The van der Waals surface area contributed by atoms with Crippen molar-refractivity contribution < 1.29 is 4.42 Å². The Morgan fingerprint density at radius 2 is 1.83 bits per heavy atom. The molecule has 1 rings (SSSR count). The second-order valence-electron chi connectivity index (χ2n) is 5.88. The van der Waals surface area contributed by atoms with Crippen LogP contribution in [0.1, 0.15) is 51.7 Å². The fourth-order valence-corrected chi connectivity index (χ4v) is 1.86. The van der Waals surface area contributed by atoms with E-state index in [9.17, 15) is 0 Å². The van der Waals surface area contributed by atoms with Crippen molar-refractivity contribution in [2.75, 3.05) is 13.1 Å². The number of rotatable bonds is 6. The molecule has 0 saturated carbocycles. The summed E-state index contributed by atoms with van der Waals surface area (Å²) >= 11 is 0. The highest BCUT2D eigenvalue weighted by Crippen LogP contribution is 2.17. The van der Waals surface area contributed by atoms with Crippen molar-refractivity contribution in [3.8, 4) is 0 Å². The second-order valence-corrected chi connectivity index (χ2v) is 5.88. The molecule has 1 N–H and O–H groups in total. The van der Waals surface area contributed by atoms with Crippen molar-refractivity contribution in [1.29, 1.82) is 0 Å². The Morgan fingerprint density at radius 3 is 2.33 bits per heavy atom. The predicted molar refractivity (Wildman–Crippen MR) is 76.7 cm³/mol. The van der Waals surface area contributed by atoms with E-state index in [0.29, 0.717) is 0 Å². The molecule has 0 radical (unpaired) electrons. The Kier molecular flexibility index (Phi) is 5.42. The number of nitrogens with zero attached hydrogens (tertiary/aromatic N) is 1. The lowest BCUT2D eigenvalue weighted by atomic mass is 10.1. The predicted octanol–water partition coefficient (Wildman–Crippen LogP) is 3.32. The van der Waals surface area contributed by atoms with Gasteiger partial charge in [0, 0.05) is 5.54 Å². The fourth-order valence-electron chi connectivity index (χ4n) is 1.86. The summed E-state index contributed by atoms with van der Waals surface area (Å²) in [7, 11) is 0. The first-order chi connectivity index (χ1) is 8.35. The van der Waals surface area contributed by atoms with Gasteiger partial charge in [0.25, 0.3) is 0 Å². The largest absolute Gasteiger partial charge is 0.463 e. The highest BCUT2D eigenvalue weighted by Gasteiger charge is 2.13. The molecule has 0 saturated heterocycles. The minimum absolute atomic E-state index is 0.123. The average molecular weight is 252 g/mol. The van der Waals surface area contributed by atoms with E-state index in [0.717, 1.165) is 37.7 Å². The zero-order valence-corrected chi connectivity index (χ0v) is 12.8. The molecule has 0 bridgehead atoms. The van der Waals surface area contributed by atoms with Crippen molar-refractivity contribution in [2.24, 2.45) is 0 Å². The maximum atomic E-state index is 5.94. The quantitative estimate of drug-likeness (QED) is 0.842. The van der Waals surface area contributed by atoms with E-state index in [1.165, 1.54) is 5.56 Å². The summed E-state index contributed by atoms with van der Waals surface area (Å²) in [6.45, 7) is 16.8. The van der Waals surface area contributed by atoms with Gasteiger partial charge in [-0.3, -0.25) is 4.90 Å². The SMILES string of the molecule is CCN(CC)Cc1cc(C)c(CNC(C)(C)C)o1. The molecule has 0 aliphatic carbocycles. The first-order valence-corrected chi connectivity index (χ1v) is 6.91. The van der Waals surface area contributed by atoms with Gasteiger partial charge in [0.05, 0.1) is 13.1 Å². The van der Waals surface area contributed by atoms with Crippen LogP contribution >= 0.6 is 0 Å². The van der Waals surface area contributed by atoms with Gasteiger partial charge in [-0.25, -0.2) is 0 Å². The van der Waals surface area contributed by atoms with Gasteiger partial charge in [-0.1, -0.05) is 13.8 Å². The van der Waals surface area contributed by atoms with Gasteiger partial charge >= 0.3 is 0 Å². The number of nitrogens with one attached hydrogen (secondary N) is 1. The number of furan rings is 1. The van der Waals surface area contributed by atoms with E-state index >= 15 is 0 Å². The fraction of sp³-hybridized carbons (Fsp3) is 0.733. The maximum absolute atomic E-state index is 5.94. The van der Waals surface area contributed by atoms with E-state index in [2.05, 4.69) is 57.8 Å². The van der Waals surface area contributed by atoms with E-state index in [1.54, 1.807) is 0 Å². The summed E-state index contributed by atoms with van der Waals surface area (Å²) < 4.78 is 5.94. The van der Waals surface area contributed by atoms with Gasteiger partial charge < -0.3 is 9.73 Å². The van der Waals surface area contributed by atoms with Crippen LogP contribution in [-0.2, 0) is 13.1 Å². The third-order valence-corrected chi connectivity index (χ3v) is 3.12. The summed E-state index contributed by atoms with van der Waals surface area (Å²) in [5.41, 5.74) is 1.37. The van der Waals surface area contributed by atoms with Gasteiger partial charge in [-0.05, 0) is 52.4 Å². The summed E-state index contributed by atoms with van der Waals surface area (Å²) in [5, 5.41) is 3.47. The first kappa shape index (κ1) is 15.3. The molecule has 1 heterocycles. The second kappa shape index (κ2) is 6.39. The molecule has 0 aliphatic rings. The molecular formula is C15H28N2O. The lowest BCUT2D eigenvalue weighted by molar-refractivity contribution is 0.263. The molecule has 3 nitrogen and oxygen atoms in total. The Morgan fingerprint density at radius 1 is 1.22 bits per heavy atom. The molecule has 0 unspecified atom stereocenters. The zero-order valence-electron chi connectivity index (χ0n) is 12.8. The van der Waals surface area contributed by atoms with Crippen molar-refractivity contribution in [3.05, 3.63) is 23.2 Å². The average Bonchev–Trinajstić information content (AvgIpc) is 2.63. The molecule has 18 heavy (non-hydrogen) atoms. The van der Waals surface area contributed by atoms with Crippen LogP contribution in [0.2, 0.25) is 0 Å². The van der Waals surface area contributed by atoms with Gasteiger partial charge in [0.2, 0.25) is 0 Å². The Balaban J connectivity index is 2.64. The van der Waals surface area contributed by atoms with Crippen LogP contribution < -0.4 is 5.32 Å². The monoisotopic (exact) mass is 252 g/mol. The van der Waals surface area contributed by atoms with E-state index in [1.807, 2.05) is 0 Å². The number of hydrogen-bond donors (Lipinski definition) is 1. The number of hydrogen-bond acceptors (Lipinski definition) is 3. The van der Waals surface area contributed by atoms with Crippen LogP contribution in [0.25, 0.3) is 0 Å². The van der Waals surface area contributed by atoms with E-state index in [4.69, 9.17) is 4.42 Å². The standard InChI is InChI=1S/C15H28N2O/c1-7-17(8-2)11-13-9-12(3)14(18-13)10-16-15(4,5)6/h9,16H,7-8,10-11H2,1-6H3. The maximum Gasteiger partial charge on any atom is 0.120 e. The molecule has 1 aromatic rings. The van der Waals surface area contributed by atoms with E-state index in [-0.39, 0.29) is 5.54 Å². The molecule has 0 atom stereocenters. The Labute approximate surface area is 112 Å². The highest BCUT2D eigenvalue weighted by atomic mass is 16.3. The van der Waals surface area contributed by atoms with Crippen LogP contribution in [0.3, 0.4) is 0 Å². The summed E-state index contributed by atoms with van der Waals surface area (Å²) in [6, 6.07) is 2.16. The van der Waals surface area contributed by atoms with Crippen LogP contribution in [0.15, 0.2) is 10.5 Å². The first-order valence-electron chi connectivity index (χ1n) is 6.91. The molecule has 0 fully saturated rings. The topological polar surface area (TPSA) is 28.4 Å². The summed E-state index contributed by atoms with van der Waals surface area (Å²) in [5.74, 6) is 2.13. The molecule has 104 valence electrons. The molecule has 0 aromatic carbocycles. The Bertz CT molecular complexity index is 359. The van der Waals surface area contributed by atoms with Crippen molar-refractivity contribution in [3.63, 3.8) is 0 Å². The summed E-state index contributed by atoms with van der Waals surface area (Å²) in [4.78, 5) is 2.36. The van der Waals surface area contributed by atoms with Gasteiger partial charge in [0.15, 0.2) is 0 Å². The normalized spacial score (nSPS) is 12.4. The third-order valence-electron chi connectivity index (χ3n) is 3.12. The molecular weight excluding hydrogens is 224 g/mol. The van der Waals surface area contributed by atoms with Crippen molar-refractivity contribution in [2.45, 2.75) is 60.2 Å². The van der Waals surface area contributed by atoms with E-state index < -0.39 is 0 Å². The van der Waals surface area contributed by atoms with Crippen LogP contribution in [-0.4, -0.2) is 23.5 Å². The van der Waals surface area contributed by atoms with Crippen LogP contribution in [0.5, 0.6) is 0 Å². The van der Waals surface area contributed by atoms with Crippen molar-refractivity contribution in [1.82, 2.24) is 10.2 Å². The molecule has 1 aromatic heterocycles. The van der Waals surface area contributed by atoms with Gasteiger partial charge in [0.1, 0.15) is 11.5 Å². The van der Waals surface area contributed by atoms with Crippen molar-refractivity contribution >= 4 is 0 Å². The van der Waals surface area contributed by atoms with Gasteiger partial charge in [-0.15, -0.1) is 0 Å². The molecule has 0 amide bonds. The highest BCUT2D eigenvalue weighted by molar-refractivity contribution is 5.20. The third kappa shape index (κ3) is 4.83. The Hall–Kier alpha value is -0.800.